The molecule has 3 aromatic heterocycles. The van der Waals surface area contributed by atoms with Crippen LogP contribution >= 0.6 is 0 Å². The summed E-state index contributed by atoms with van der Waals surface area (Å²) < 4.78 is 17.6. The highest BCUT2D eigenvalue weighted by atomic mass is 16.5. The van der Waals surface area contributed by atoms with Gasteiger partial charge in [0, 0.05) is 16.7 Å². The van der Waals surface area contributed by atoms with Crippen molar-refractivity contribution >= 4 is 23.5 Å². The molecule has 3 heterocycles. The fraction of sp³-hybridized carbons (Fsp3) is 0.133. The average molecular weight is 906 g/mol. The van der Waals surface area contributed by atoms with Gasteiger partial charge >= 0.3 is 17.9 Å². The highest BCUT2D eigenvalue weighted by Gasteiger charge is 2.42. The summed E-state index contributed by atoms with van der Waals surface area (Å²) >= 11 is 0. The zero-order valence-corrected chi connectivity index (χ0v) is 37.7. The minimum atomic E-state index is -0.818. The van der Waals surface area contributed by atoms with Gasteiger partial charge in [0.2, 0.25) is 0 Å². The van der Waals surface area contributed by atoms with Crippen LogP contribution in [0.5, 0.6) is 17.2 Å². The van der Waals surface area contributed by atoms with E-state index in [1.807, 2.05) is 97.1 Å². The number of esters is 3. The van der Waals surface area contributed by atoms with Crippen molar-refractivity contribution < 1.29 is 28.6 Å². The molecule has 0 amide bonds. The van der Waals surface area contributed by atoms with Crippen molar-refractivity contribution in [1.29, 1.82) is 0 Å². The molecular formula is C60H47N3O6. The first kappa shape index (κ1) is 44.3. The molecule has 0 bridgehead atoms. The normalized spacial score (nSPS) is 16.5. The Balaban J connectivity index is 0.820. The largest absolute Gasteiger partial charge is 0.425 e. The van der Waals surface area contributed by atoms with Gasteiger partial charge in [0.15, 0.2) is 0 Å². The van der Waals surface area contributed by atoms with E-state index in [0.29, 0.717) is 11.4 Å². The molecule has 0 N–H and O–H groups in total. The highest BCUT2D eigenvalue weighted by Crippen LogP contribution is 2.37. The zero-order chi connectivity index (χ0) is 46.9. The molecule has 2 unspecified atom stereocenters. The van der Waals surface area contributed by atoms with Crippen LogP contribution in [0, 0.1) is 17.8 Å². The number of ether oxygens (including phenoxy) is 3. The summed E-state index contributed by atoms with van der Waals surface area (Å²) in [6, 6.07) is 55.1. The minimum absolute atomic E-state index is 0.114. The van der Waals surface area contributed by atoms with Crippen LogP contribution in [0.15, 0.2) is 207 Å². The number of hydrogen-bond donors (Lipinski definition) is 0. The van der Waals surface area contributed by atoms with Gasteiger partial charge in [-0.25, -0.2) is 0 Å². The van der Waals surface area contributed by atoms with Crippen molar-refractivity contribution in [1.82, 2.24) is 15.0 Å². The molecule has 2 aliphatic rings. The molecule has 0 spiro atoms. The number of rotatable bonds is 12. The molecule has 0 saturated heterocycles. The molecule has 2 aliphatic carbocycles. The summed E-state index contributed by atoms with van der Waals surface area (Å²) in [6.45, 7) is 0. The highest BCUT2D eigenvalue weighted by molar-refractivity contribution is 5.83. The van der Waals surface area contributed by atoms with Crippen LogP contribution in [0.4, 0.5) is 0 Å². The Bertz CT molecular complexity index is 2970. The average Bonchev–Trinajstić information content (AvgIpc) is 3.42. The Labute approximate surface area is 400 Å². The molecule has 9 nitrogen and oxygen atoms in total. The standard InChI is InChI=1S/C60H47N3O6/c64-58(67-52-28-31-55(61-37-52)46-22-16-43(17-23-46)40-10-4-1-5-11-40)49-34-50(59(65)68-53-29-32-56(62-38-53)47-24-18-44(19-25-47)41-12-6-2-7-13-41)36-51(35-49)60(66)69-54-30-33-57(63-39-54)48-26-20-45(21-27-48)42-14-8-3-9-15-42/h1-2,4-8,10-33,37-39,49-51H,3,9,34-36H2. The van der Waals surface area contributed by atoms with E-state index >= 15 is 0 Å². The van der Waals surface area contributed by atoms with Crippen LogP contribution in [0.2, 0.25) is 0 Å². The van der Waals surface area contributed by atoms with E-state index in [0.717, 1.165) is 63.0 Å². The van der Waals surface area contributed by atoms with E-state index in [1.54, 1.807) is 36.4 Å². The van der Waals surface area contributed by atoms with E-state index < -0.39 is 35.7 Å². The van der Waals surface area contributed by atoms with Crippen molar-refractivity contribution in [3.8, 4) is 73.3 Å². The van der Waals surface area contributed by atoms with Gasteiger partial charge in [0.05, 0.1) is 53.4 Å². The smallest absolute Gasteiger partial charge is 0.314 e. The fourth-order valence-corrected chi connectivity index (χ4v) is 8.92. The third-order valence-corrected chi connectivity index (χ3v) is 12.7. The van der Waals surface area contributed by atoms with Crippen molar-refractivity contribution in [2.24, 2.45) is 17.8 Å². The van der Waals surface area contributed by atoms with Gasteiger partial charge in [-0.2, -0.15) is 0 Å². The van der Waals surface area contributed by atoms with Gasteiger partial charge in [-0.1, -0.05) is 152 Å². The number of allylic oxidation sites excluding steroid dienone is 4. The molecule has 0 aliphatic heterocycles. The van der Waals surface area contributed by atoms with Crippen molar-refractivity contribution in [2.45, 2.75) is 32.1 Å². The van der Waals surface area contributed by atoms with Crippen LogP contribution in [-0.2, 0) is 14.4 Å². The minimum Gasteiger partial charge on any atom is -0.425 e. The molecule has 5 aromatic carbocycles. The maximum atomic E-state index is 13.9. The van der Waals surface area contributed by atoms with Gasteiger partial charge in [-0.15, -0.1) is 0 Å². The first-order chi connectivity index (χ1) is 33.9. The number of hydrogen-bond acceptors (Lipinski definition) is 9. The van der Waals surface area contributed by atoms with E-state index in [1.165, 1.54) is 24.2 Å². The number of nitrogens with zero attached hydrogens (tertiary/aromatic N) is 3. The summed E-state index contributed by atoms with van der Waals surface area (Å²) in [6.07, 6.45) is 13.5. The topological polar surface area (TPSA) is 118 Å². The Hall–Kier alpha value is -8.56. The van der Waals surface area contributed by atoms with Crippen LogP contribution in [-0.4, -0.2) is 32.9 Å². The second-order valence-electron chi connectivity index (χ2n) is 17.3. The lowest BCUT2D eigenvalue weighted by molar-refractivity contribution is -0.150. The summed E-state index contributed by atoms with van der Waals surface area (Å²) in [5, 5.41) is 0. The van der Waals surface area contributed by atoms with Crippen LogP contribution in [0.3, 0.4) is 0 Å². The SMILES string of the molecule is O=C(Oc1ccc(-c2ccc(C3=CCCC=C3)cc2)nc1)C1CC(C(=O)Oc2ccc(-c3ccc(-c4ccccc4)cc3)nc2)CC(C(=O)Oc2ccc(-c3ccc(-c4ccccc4)cc3)nc2)C1. The molecule has 9 heteroatoms. The summed E-state index contributed by atoms with van der Waals surface area (Å²) in [4.78, 5) is 55.5. The maximum Gasteiger partial charge on any atom is 0.314 e. The quantitative estimate of drug-likeness (QED) is 0.110. The van der Waals surface area contributed by atoms with Crippen LogP contribution < -0.4 is 14.2 Å². The summed E-state index contributed by atoms with van der Waals surface area (Å²) in [5.41, 5.74) is 11.7. The Morgan fingerprint density at radius 2 is 0.696 bits per heavy atom. The lowest BCUT2D eigenvalue weighted by atomic mass is 9.75. The van der Waals surface area contributed by atoms with E-state index in [4.69, 9.17) is 14.2 Å². The molecule has 8 aromatic rings. The van der Waals surface area contributed by atoms with E-state index in [2.05, 4.69) is 69.6 Å². The van der Waals surface area contributed by atoms with Crippen molar-refractivity contribution in [2.75, 3.05) is 0 Å². The number of aromatic nitrogens is 3. The number of carbonyl (C=O) groups excluding carboxylic acids is 3. The summed E-state index contributed by atoms with van der Waals surface area (Å²) in [7, 11) is 0. The van der Waals surface area contributed by atoms with Crippen molar-refractivity contribution in [3.63, 3.8) is 0 Å². The zero-order valence-electron chi connectivity index (χ0n) is 37.7. The van der Waals surface area contributed by atoms with Crippen LogP contribution in [0.25, 0.3) is 61.6 Å². The lowest BCUT2D eigenvalue weighted by Crippen LogP contribution is -2.39. The molecule has 2 atom stereocenters. The maximum absolute atomic E-state index is 13.9. The monoisotopic (exact) mass is 905 g/mol. The van der Waals surface area contributed by atoms with Gasteiger partial charge in [0.1, 0.15) is 17.2 Å². The molecular weight excluding hydrogens is 859 g/mol. The van der Waals surface area contributed by atoms with E-state index in [-0.39, 0.29) is 36.5 Å². The first-order valence-corrected chi connectivity index (χ1v) is 23.2. The van der Waals surface area contributed by atoms with Gasteiger partial charge in [-0.05, 0) is 102 Å². The number of pyridine rings is 3. The Morgan fingerprint density at radius 3 is 1.01 bits per heavy atom. The molecule has 1 saturated carbocycles. The molecule has 10 rings (SSSR count). The molecule has 0 radical (unpaired) electrons. The second-order valence-corrected chi connectivity index (χ2v) is 17.3. The lowest BCUT2D eigenvalue weighted by Gasteiger charge is -2.31. The Kier molecular flexibility index (Phi) is 13.2. The first-order valence-electron chi connectivity index (χ1n) is 23.2. The molecule has 69 heavy (non-hydrogen) atoms. The number of carbonyl (C=O) groups is 3. The second kappa shape index (κ2) is 20.5. The van der Waals surface area contributed by atoms with Gasteiger partial charge in [-0.3, -0.25) is 29.3 Å². The van der Waals surface area contributed by atoms with Gasteiger partial charge < -0.3 is 14.2 Å². The predicted molar refractivity (Wildman–Crippen MR) is 267 cm³/mol. The third-order valence-electron chi connectivity index (χ3n) is 12.7. The molecule has 338 valence electrons. The fourth-order valence-electron chi connectivity index (χ4n) is 8.92. The predicted octanol–water partition coefficient (Wildman–Crippen LogP) is 13.1. The summed E-state index contributed by atoms with van der Waals surface area (Å²) in [5.74, 6) is -3.44. The Morgan fingerprint density at radius 1 is 0.362 bits per heavy atom. The van der Waals surface area contributed by atoms with Gasteiger partial charge in [0.25, 0.3) is 0 Å². The number of benzene rings is 5. The van der Waals surface area contributed by atoms with Crippen molar-refractivity contribution in [3.05, 3.63) is 212 Å². The molecule has 1 fully saturated rings. The van der Waals surface area contributed by atoms with Crippen LogP contribution in [0.1, 0.15) is 37.7 Å². The van der Waals surface area contributed by atoms with E-state index in [9.17, 15) is 14.4 Å². The third kappa shape index (κ3) is 10.7.